The molecule has 1 heterocycles. The zero-order valence-corrected chi connectivity index (χ0v) is 18.5. The number of esters is 1. The first-order chi connectivity index (χ1) is 14.5. The summed E-state index contributed by atoms with van der Waals surface area (Å²) in [4.78, 5) is 30.3. The summed E-state index contributed by atoms with van der Waals surface area (Å²) < 4.78 is 15.7. The van der Waals surface area contributed by atoms with Crippen molar-refractivity contribution in [3.05, 3.63) is 69.7 Å². The number of nitrogens with zero attached hydrogens (tertiary/aromatic N) is 1. The fraction of sp³-hybridized carbons (Fsp3) is 0.227. The first-order valence-electron chi connectivity index (χ1n) is 9.07. The van der Waals surface area contributed by atoms with Gasteiger partial charge in [-0.3, -0.25) is 4.79 Å². The lowest BCUT2D eigenvalue weighted by Crippen LogP contribution is -2.15. The van der Waals surface area contributed by atoms with Gasteiger partial charge in [-0.05, 0) is 37.3 Å². The average Bonchev–Trinajstić information content (AvgIpc) is 3.20. The first kappa shape index (κ1) is 21.9. The summed E-state index contributed by atoms with van der Waals surface area (Å²) in [5, 5.41) is 3.01. The van der Waals surface area contributed by atoms with Crippen LogP contribution in [0.3, 0.4) is 0 Å². The van der Waals surface area contributed by atoms with Gasteiger partial charge in [-0.25, -0.2) is 9.78 Å². The molecule has 0 bridgehead atoms. The number of methoxy groups -OCH3 is 2. The van der Waals surface area contributed by atoms with Crippen molar-refractivity contribution in [2.24, 2.45) is 0 Å². The zero-order chi connectivity index (χ0) is 21.5. The van der Waals surface area contributed by atoms with E-state index in [1.165, 1.54) is 26.0 Å². The molecule has 0 unspecified atom stereocenters. The van der Waals surface area contributed by atoms with Crippen molar-refractivity contribution < 1.29 is 23.8 Å². The maximum absolute atomic E-state index is 12.6. The van der Waals surface area contributed by atoms with Gasteiger partial charge in [-0.15, -0.1) is 23.1 Å². The van der Waals surface area contributed by atoms with E-state index in [4.69, 9.17) is 14.2 Å². The number of thiazole rings is 1. The summed E-state index contributed by atoms with van der Waals surface area (Å²) in [6.45, 7) is 1.60. The highest BCUT2D eigenvalue weighted by Crippen LogP contribution is 2.29. The van der Waals surface area contributed by atoms with Gasteiger partial charge >= 0.3 is 5.97 Å². The number of Topliss-reactive ketones (excluding diaryl/α,β-unsaturated/α-hetero) is 1. The molecule has 0 radical (unpaired) electrons. The molecule has 0 aliphatic rings. The Labute approximate surface area is 183 Å². The summed E-state index contributed by atoms with van der Waals surface area (Å²) >= 11 is 3.10. The summed E-state index contributed by atoms with van der Waals surface area (Å²) in [6.07, 6.45) is 0. The normalized spacial score (nSPS) is 10.5. The number of ether oxygens (including phenoxy) is 3. The highest BCUT2D eigenvalue weighted by molar-refractivity contribution is 7.98. The Bertz CT molecular complexity index is 1050. The van der Waals surface area contributed by atoms with Crippen LogP contribution in [0, 0.1) is 6.92 Å². The van der Waals surface area contributed by atoms with Crippen molar-refractivity contribution in [1.82, 2.24) is 4.98 Å². The number of hydrogen-bond donors (Lipinski definition) is 0. The number of carbonyl (C=O) groups excluding carboxylic acids is 2. The van der Waals surface area contributed by atoms with Crippen molar-refractivity contribution >= 4 is 34.9 Å². The van der Waals surface area contributed by atoms with Crippen LogP contribution in [-0.4, -0.2) is 37.6 Å². The molecule has 6 nitrogen and oxygen atoms in total. The number of thioether (sulfide) groups is 1. The number of carbonyl (C=O) groups is 2. The lowest BCUT2D eigenvalue weighted by molar-refractivity contribution is 0.0471. The van der Waals surface area contributed by atoms with Crippen LogP contribution in [0.4, 0.5) is 0 Å². The lowest BCUT2D eigenvalue weighted by Gasteiger charge is -2.10. The second kappa shape index (κ2) is 10.3. The Hall–Kier alpha value is -2.84. The fourth-order valence-corrected chi connectivity index (χ4v) is 4.34. The van der Waals surface area contributed by atoms with E-state index < -0.39 is 5.97 Å². The molecule has 0 aliphatic heterocycles. The molecule has 30 heavy (non-hydrogen) atoms. The van der Waals surface area contributed by atoms with Crippen LogP contribution in [0.1, 0.15) is 31.4 Å². The SMILES string of the molecule is COc1ccc(C(=O)COC(=O)c2ccccc2SCc2csc(C)n2)cc1OC. The molecule has 3 rings (SSSR count). The van der Waals surface area contributed by atoms with E-state index in [0.29, 0.717) is 28.4 Å². The third-order valence-corrected chi connectivity index (χ3v) is 6.12. The minimum absolute atomic E-state index is 0.326. The van der Waals surface area contributed by atoms with Crippen molar-refractivity contribution in [2.75, 3.05) is 20.8 Å². The van der Waals surface area contributed by atoms with Gasteiger partial charge in [0.25, 0.3) is 0 Å². The Morgan fingerprint density at radius 3 is 2.53 bits per heavy atom. The Balaban J connectivity index is 1.64. The zero-order valence-electron chi connectivity index (χ0n) is 16.8. The number of hydrogen-bond acceptors (Lipinski definition) is 8. The molecule has 0 saturated heterocycles. The van der Waals surface area contributed by atoms with Crippen LogP contribution in [0.5, 0.6) is 11.5 Å². The average molecular weight is 444 g/mol. The quantitative estimate of drug-likeness (QED) is 0.267. The van der Waals surface area contributed by atoms with E-state index in [9.17, 15) is 9.59 Å². The maximum Gasteiger partial charge on any atom is 0.339 e. The van der Waals surface area contributed by atoms with Gasteiger partial charge in [-0.1, -0.05) is 12.1 Å². The first-order valence-corrected chi connectivity index (χ1v) is 10.9. The molecular formula is C22H21NO5S2. The van der Waals surface area contributed by atoms with Crippen LogP contribution >= 0.6 is 23.1 Å². The lowest BCUT2D eigenvalue weighted by atomic mass is 10.1. The van der Waals surface area contributed by atoms with E-state index in [1.807, 2.05) is 24.4 Å². The minimum Gasteiger partial charge on any atom is -0.493 e. The highest BCUT2D eigenvalue weighted by Gasteiger charge is 2.17. The standard InChI is InChI=1S/C22H21NO5S2/c1-14-23-16(12-29-14)13-30-21-7-5-4-6-17(21)22(25)28-11-18(24)15-8-9-19(26-2)20(10-15)27-3/h4-10,12H,11,13H2,1-3H3. The summed E-state index contributed by atoms with van der Waals surface area (Å²) in [7, 11) is 3.01. The van der Waals surface area contributed by atoms with E-state index >= 15 is 0 Å². The van der Waals surface area contributed by atoms with Crippen LogP contribution < -0.4 is 9.47 Å². The topological polar surface area (TPSA) is 74.7 Å². The molecular weight excluding hydrogens is 422 g/mol. The second-order valence-electron chi connectivity index (χ2n) is 6.21. The van der Waals surface area contributed by atoms with Crippen LogP contribution in [-0.2, 0) is 10.5 Å². The maximum atomic E-state index is 12.6. The third-order valence-electron chi connectivity index (χ3n) is 4.19. The summed E-state index contributed by atoms with van der Waals surface area (Å²) in [5.74, 6) is 0.744. The number of aryl methyl sites for hydroxylation is 1. The Kier molecular flexibility index (Phi) is 7.48. The van der Waals surface area contributed by atoms with Crippen molar-refractivity contribution in [2.45, 2.75) is 17.6 Å². The van der Waals surface area contributed by atoms with E-state index in [1.54, 1.807) is 41.7 Å². The molecule has 0 spiro atoms. The van der Waals surface area contributed by atoms with Crippen molar-refractivity contribution in [1.29, 1.82) is 0 Å². The van der Waals surface area contributed by atoms with Crippen molar-refractivity contribution in [3.8, 4) is 11.5 Å². The molecule has 0 N–H and O–H groups in total. The van der Waals surface area contributed by atoms with Gasteiger partial charge in [0.15, 0.2) is 23.9 Å². The number of rotatable bonds is 9. The van der Waals surface area contributed by atoms with Crippen molar-refractivity contribution in [3.63, 3.8) is 0 Å². The summed E-state index contributed by atoms with van der Waals surface area (Å²) in [5.41, 5.74) is 1.77. The Morgan fingerprint density at radius 2 is 1.83 bits per heavy atom. The smallest absolute Gasteiger partial charge is 0.339 e. The summed E-state index contributed by atoms with van der Waals surface area (Å²) in [6, 6.07) is 12.0. The fourth-order valence-electron chi connectivity index (χ4n) is 2.69. The largest absolute Gasteiger partial charge is 0.493 e. The van der Waals surface area contributed by atoms with E-state index in [-0.39, 0.29) is 12.4 Å². The molecule has 0 fully saturated rings. The van der Waals surface area contributed by atoms with Gasteiger partial charge in [0.1, 0.15) is 0 Å². The molecule has 156 valence electrons. The molecule has 8 heteroatoms. The number of ketones is 1. The molecule has 2 aromatic carbocycles. The van der Waals surface area contributed by atoms with E-state index in [2.05, 4.69) is 4.98 Å². The van der Waals surface area contributed by atoms with Crippen LogP contribution in [0.2, 0.25) is 0 Å². The molecule has 0 atom stereocenters. The number of aromatic nitrogens is 1. The molecule has 0 saturated carbocycles. The van der Waals surface area contributed by atoms with Gasteiger partial charge < -0.3 is 14.2 Å². The van der Waals surface area contributed by atoms with Gasteiger partial charge in [0.2, 0.25) is 0 Å². The predicted molar refractivity (Wildman–Crippen MR) is 117 cm³/mol. The Morgan fingerprint density at radius 1 is 1.07 bits per heavy atom. The molecule has 0 aliphatic carbocycles. The highest BCUT2D eigenvalue weighted by atomic mass is 32.2. The minimum atomic E-state index is -0.540. The van der Waals surface area contributed by atoms with Crippen LogP contribution in [0.25, 0.3) is 0 Å². The molecule has 3 aromatic rings. The second-order valence-corrected chi connectivity index (χ2v) is 8.29. The predicted octanol–water partition coefficient (Wildman–Crippen LogP) is 4.80. The molecule has 0 amide bonds. The number of benzene rings is 2. The molecule has 1 aromatic heterocycles. The van der Waals surface area contributed by atoms with Crippen LogP contribution in [0.15, 0.2) is 52.7 Å². The van der Waals surface area contributed by atoms with Gasteiger partial charge in [0, 0.05) is 21.6 Å². The monoisotopic (exact) mass is 443 g/mol. The van der Waals surface area contributed by atoms with E-state index in [0.717, 1.165) is 15.6 Å². The van der Waals surface area contributed by atoms with Gasteiger partial charge in [0.05, 0.1) is 30.5 Å². The third kappa shape index (κ3) is 5.40. The van der Waals surface area contributed by atoms with Gasteiger partial charge in [-0.2, -0.15) is 0 Å².